The molecule has 152 valence electrons. The standard InChI is InChI=1S/C18H23F2N5O2S/c1-12(2)10-25-17(24-5-7-27-8-6-24)22-23-18(25)28-11-16(26)21-15-9-13(19)3-4-14(15)20/h3-4,9,12H,5-8,10-11H2,1-2H3,(H,21,26). The van der Waals surface area contributed by atoms with Gasteiger partial charge in [-0.2, -0.15) is 0 Å². The predicted octanol–water partition coefficient (Wildman–Crippen LogP) is 2.78. The SMILES string of the molecule is CC(C)Cn1c(SCC(=O)Nc2cc(F)ccc2F)nnc1N1CCOCC1. The van der Waals surface area contributed by atoms with Crippen molar-refractivity contribution in [1.29, 1.82) is 0 Å². The van der Waals surface area contributed by atoms with E-state index in [0.717, 1.165) is 37.2 Å². The van der Waals surface area contributed by atoms with Crippen molar-refractivity contribution in [2.24, 2.45) is 5.92 Å². The molecule has 0 spiro atoms. The quantitative estimate of drug-likeness (QED) is 0.707. The maximum atomic E-state index is 13.7. The van der Waals surface area contributed by atoms with E-state index in [1.807, 2.05) is 4.57 Å². The van der Waals surface area contributed by atoms with Gasteiger partial charge >= 0.3 is 0 Å². The molecule has 2 heterocycles. The van der Waals surface area contributed by atoms with E-state index < -0.39 is 17.5 Å². The molecule has 0 bridgehead atoms. The number of benzene rings is 1. The molecular formula is C18H23F2N5O2S. The Morgan fingerprint density at radius 2 is 2.04 bits per heavy atom. The number of halogens is 2. The number of aromatic nitrogens is 3. The lowest BCUT2D eigenvalue weighted by molar-refractivity contribution is -0.113. The van der Waals surface area contributed by atoms with Crippen LogP contribution in [0.5, 0.6) is 0 Å². The fraction of sp³-hybridized carbons (Fsp3) is 0.500. The number of carbonyl (C=O) groups excluding carboxylic acids is 1. The number of rotatable bonds is 7. The van der Waals surface area contributed by atoms with E-state index in [1.54, 1.807) is 0 Å². The number of morpholine rings is 1. The third-order valence-corrected chi connectivity index (χ3v) is 5.04. The normalized spacial score (nSPS) is 14.5. The number of hydrogen-bond acceptors (Lipinski definition) is 6. The van der Waals surface area contributed by atoms with Crippen LogP contribution in [0.2, 0.25) is 0 Å². The number of carbonyl (C=O) groups is 1. The first kappa shape index (κ1) is 20.5. The molecule has 1 aromatic heterocycles. The van der Waals surface area contributed by atoms with Gasteiger partial charge in [-0.1, -0.05) is 25.6 Å². The van der Waals surface area contributed by atoms with Crippen LogP contribution < -0.4 is 10.2 Å². The summed E-state index contributed by atoms with van der Waals surface area (Å²) in [6.45, 7) is 7.65. The van der Waals surface area contributed by atoms with Crippen LogP contribution in [0.1, 0.15) is 13.8 Å². The third-order valence-electron chi connectivity index (χ3n) is 4.07. The number of ether oxygens (including phenoxy) is 1. The Bertz CT molecular complexity index is 824. The first-order valence-corrected chi connectivity index (χ1v) is 10.1. The Labute approximate surface area is 166 Å². The number of nitrogens with one attached hydrogen (secondary N) is 1. The Hall–Kier alpha value is -2.20. The minimum atomic E-state index is -0.683. The molecule has 0 aliphatic carbocycles. The van der Waals surface area contributed by atoms with E-state index in [9.17, 15) is 13.6 Å². The van der Waals surface area contributed by atoms with Crippen molar-refractivity contribution in [3.63, 3.8) is 0 Å². The van der Waals surface area contributed by atoms with Gasteiger partial charge in [0.2, 0.25) is 11.9 Å². The van der Waals surface area contributed by atoms with Crippen molar-refractivity contribution in [2.45, 2.75) is 25.5 Å². The van der Waals surface area contributed by atoms with Crippen LogP contribution in [0.15, 0.2) is 23.4 Å². The third kappa shape index (κ3) is 5.20. The Kier molecular flexibility index (Phi) is 6.84. The van der Waals surface area contributed by atoms with E-state index in [4.69, 9.17) is 4.74 Å². The summed E-state index contributed by atoms with van der Waals surface area (Å²) in [5.74, 6) is -0.605. The number of amides is 1. The minimum Gasteiger partial charge on any atom is -0.378 e. The number of nitrogens with zero attached hydrogens (tertiary/aromatic N) is 4. The van der Waals surface area contributed by atoms with Gasteiger partial charge < -0.3 is 15.0 Å². The van der Waals surface area contributed by atoms with Gasteiger partial charge in [-0.25, -0.2) is 8.78 Å². The molecule has 1 aromatic carbocycles. The lowest BCUT2D eigenvalue weighted by Gasteiger charge is -2.28. The van der Waals surface area contributed by atoms with E-state index in [0.29, 0.717) is 30.8 Å². The van der Waals surface area contributed by atoms with E-state index in [2.05, 4.69) is 34.3 Å². The van der Waals surface area contributed by atoms with Gasteiger partial charge in [-0.3, -0.25) is 9.36 Å². The van der Waals surface area contributed by atoms with Gasteiger partial charge in [0.25, 0.3) is 0 Å². The van der Waals surface area contributed by atoms with Crippen LogP contribution in [-0.2, 0) is 16.1 Å². The molecule has 0 unspecified atom stereocenters. The van der Waals surface area contributed by atoms with E-state index in [-0.39, 0.29) is 11.4 Å². The van der Waals surface area contributed by atoms with Gasteiger partial charge in [0, 0.05) is 25.7 Å². The molecule has 1 fully saturated rings. The topological polar surface area (TPSA) is 72.3 Å². The molecule has 1 aliphatic rings. The highest BCUT2D eigenvalue weighted by molar-refractivity contribution is 7.99. The average Bonchev–Trinajstić information content (AvgIpc) is 3.05. The van der Waals surface area contributed by atoms with Crippen LogP contribution in [0.4, 0.5) is 20.4 Å². The summed E-state index contributed by atoms with van der Waals surface area (Å²) in [4.78, 5) is 14.3. The maximum absolute atomic E-state index is 13.7. The molecule has 0 atom stereocenters. The zero-order chi connectivity index (χ0) is 20.1. The van der Waals surface area contributed by atoms with Crippen molar-refractivity contribution in [1.82, 2.24) is 14.8 Å². The molecule has 7 nitrogen and oxygen atoms in total. The number of thioether (sulfide) groups is 1. The zero-order valence-corrected chi connectivity index (χ0v) is 16.6. The van der Waals surface area contributed by atoms with Gasteiger partial charge in [0.05, 0.1) is 24.7 Å². The molecule has 28 heavy (non-hydrogen) atoms. The monoisotopic (exact) mass is 411 g/mol. The smallest absolute Gasteiger partial charge is 0.234 e. The molecule has 0 radical (unpaired) electrons. The van der Waals surface area contributed by atoms with Gasteiger partial charge in [0.15, 0.2) is 5.16 Å². The van der Waals surface area contributed by atoms with Crippen molar-refractivity contribution >= 4 is 29.3 Å². The fourth-order valence-corrected chi connectivity index (χ4v) is 3.56. The van der Waals surface area contributed by atoms with E-state index >= 15 is 0 Å². The molecule has 2 aromatic rings. The highest BCUT2D eigenvalue weighted by atomic mass is 32.2. The molecule has 1 N–H and O–H groups in total. The molecule has 0 saturated carbocycles. The molecule has 10 heteroatoms. The highest BCUT2D eigenvalue weighted by Gasteiger charge is 2.22. The predicted molar refractivity (Wildman–Crippen MR) is 104 cm³/mol. The summed E-state index contributed by atoms with van der Waals surface area (Å²) in [7, 11) is 0. The second kappa shape index (κ2) is 9.33. The first-order chi connectivity index (χ1) is 13.4. The summed E-state index contributed by atoms with van der Waals surface area (Å²) in [5.41, 5.74) is -0.178. The molecule has 1 saturated heterocycles. The Balaban J connectivity index is 1.68. The molecule has 3 rings (SSSR count). The number of hydrogen-bond donors (Lipinski definition) is 1. The van der Waals surface area contributed by atoms with Crippen molar-refractivity contribution in [3.8, 4) is 0 Å². The second-order valence-corrected chi connectivity index (χ2v) is 7.79. The van der Waals surface area contributed by atoms with Gasteiger partial charge in [-0.15, -0.1) is 10.2 Å². The van der Waals surface area contributed by atoms with Crippen LogP contribution in [0.25, 0.3) is 0 Å². The van der Waals surface area contributed by atoms with Crippen LogP contribution in [-0.4, -0.2) is 52.7 Å². The summed E-state index contributed by atoms with van der Waals surface area (Å²) in [5, 5.41) is 11.5. The van der Waals surface area contributed by atoms with Gasteiger partial charge in [-0.05, 0) is 18.1 Å². The van der Waals surface area contributed by atoms with Crippen molar-refractivity contribution in [3.05, 3.63) is 29.8 Å². The van der Waals surface area contributed by atoms with Crippen molar-refractivity contribution in [2.75, 3.05) is 42.3 Å². The number of anilines is 2. The second-order valence-electron chi connectivity index (χ2n) is 6.85. The summed E-state index contributed by atoms with van der Waals surface area (Å²) in [6, 6.07) is 2.93. The average molecular weight is 411 g/mol. The molecular weight excluding hydrogens is 388 g/mol. The largest absolute Gasteiger partial charge is 0.378 e. The van der Waals surface area contributed by atoms with Crippen LogP contribution >= 0.6 is 11.8 Å². The minimum absolute atomic E-state index is 0.00922. The zero-order valence-electron chi connectivity index (χ0n) is 15.8. The van der Waals surface area contributed by atoms with Crippen LogP contribution in [0, 0.1) is 17.6 Å². The van der Waals surface area contributed by atoms with Crippen LogP contribution in [0.3, 0.4) is 0 Å². The highest BCUT2D eigenvalue weighted by Crippen LogP contribution is 2.24. The molecule has 1 amide bonds. The van der Waals surface area contributed by atoms with Gasteiger partial charge in [0.1, 0.15) is 11.6 Å². The molecule has 1 aliphatic heterocycles. The van der Waals surface area contributed by atoms with Crippen molar-refractivity contribution < 1.29 is 18.3 Å². The van der Waals surface area contributed by atoms with E-state index in [1.165, 1.54) is 11.8 Å². The summed E-state index contributed by atoms with van der Waals surface area (Å²) in [6.07, 6.45) is 0. The Morgan fingerprint density at radius 1 is 1.29 bits per heavy atom. The fourth-order valence-electron chi connectivity index (χ4n) is 2.82. The Morgan fingerprint density at radius 3 is 2.75 bits per heavy atom. The summed E-state index contributed by atoms with van der Waals surface area (Å²) < 4.78 is 34.3. The maximum Gasteiger partial charge on any atom is 0.234 e. The lowest BCUT2D eigenvalue weighted by Crippen LogP contribution is -2.38. The lowest BCUT2D eigenvalue weighted by atomic mass is 10.2. The summed E-state index contributed by atoms with van der Waals surface area (Å²) >= 11 is 1.21. The first-order valence-electron chi connectivity index (χ1n) is 9.07.